The first-order valence-electron chi connectivity index (χ1n) is 8.07. The largest absolute Gasteiger partial charge is 0.491 e. The number of hydrogen-bond acceptors (Lipinski definition) is 3. The maximum atomic E-state index is 12.5. The van der Waals surface area contributed by atoms with E-state index in [4.69, 9.17) is 4.74 Å². The van der Waals surface area contributed by atoms with Gasteiger partial charge in [0, 0.05) is 0 Å². The number of hydrogen-bond donors (Lipinski definition) is 0. The molecule has 0 saturated carbocycles. The monoisotopic (exact) mass is 323 g/mol. The molecule has 2 aromatic rings. The second-order valence-corrected chi connectivity index (χ2v) is 6.41. The number of carbonyl (C=O) groups is 2. The summed E-state index contributed by atoms with van der Waals surface area (Å²) in [5.74, 6) is 0.331. The molecule has 124 valence electrons. The van der Waals surface area contributed by atoms with Crippen LogP contribution >= 0.6 is 0 Å². The first-order chi connectivity index (χ1) is 11.4. The molecule has 2 amide bonds. The lowest BCUT2D eigenvalue weighted by molar-refractivity contribution is 0.0550. The highest BCUT2D eigenvalue weighted by molar-refractivity contribution is 6.21. The predicted molar refractivity (Wildman–Crippen MR) is 92.6 cm³/mol. The second kappa shape index (κ2) is 6.11. The minimum Gasteiger partial charge on any atom is -0.491 e. The minimum atomic E-state index is -0.336. The average Bonchev–Trinajstić information content (AvgIpc) is 2.78. The molecule has 1 aliphatic heterocycles. The zero-order chi connectivity index (χ0) is 17.4. The molecule has 2 aromatic carbocycles. The Labute approximate surface area is 142 Å². The van der Waals surface area contributed by atoms with E-state index in [2.05, 4.69) is 12.1 Å². The van der Waals surface area contributed by atoms with E-state index in [1.807, 2.05) is 27.7 Å². The number of amides is 2. The topological polar surface area (TPSA) is 46.6 Å². The van der Waals surface area contributed by atoms with Gasteiger partial charge >= 0.3 is 0 Å². The lowest BCUT2D eigenvalue weighted by atomic mass is 10.1. The van der Waals surface area contributed by atoms with E-state index in [1.54, 1.807) is 24.3 Å². The quantitative estimate of drug-likeness (QED) is 0.807. The highest BCUT2D eigenvalue weighted by atomic mass is 16.5. The molecule has 0 bridgehead atoms. The third-order valence-corrected chi connectivity index (χ3v) is 4.34. The third kappa shape index (κ3) is 2.68. The Bertz CT molecular complexity index is 767. The number of rotatable bonds is 4. The fourth-order valence-corrected chi connectivity index (χ4v) is 3.28. The summed E-state index contributed by atoms with van der Waals surface area (Å²) < 4.78 is 5.95. The summed E-state index contributed by atoms with van der Waals surface area (Å²) in [5.41, 5.74) is 4.24. The van der Waals surface area contributed by atoms with E-state index < -0.39 is 0 Å². The standard InChI is InChI=1S/C20H21NO3/c1-12-9-13(2)18(14(3)10-12)24-11-15(4)21-19(22)16-7-5-6-8-17(16)20(21)23/h5-10,15H,11H2,1-4H3/t15-/m0/s1. The summed E-state index contributed by atoms with van der Waals surface area (Å²) in [5, 5.41) is 0. The van der Waals surface area contributed by atoms with Crippen molar-refractivity contribution < 1.29 is 14.3 Å². The molecule has 24 heavy (non-hydrogen) atoms. The second-order valence-electron chi connectivity index (χ2n) is 6.41. The van der Waals surface area contributed by atoms with E-state index in [1.165, 1.54) is 10.5 Å². The van der Waals surface area contributed by atoms with Crippen LogP contribution in [0.2, 0.25) is 0 Å². The number of aryl methyl sites for hydroxylation is 3. The summed E-state index contributed by atoms with van der Waals surface area (Å²) in [6.07, 6.45) is 0. The molecule has 3 rings (SSSR count). The number of benzene rings is 2. The van der Waals surface area contributed by atoms with Gasteiger partial charge in [-0.2, -0.15) is 0 Å². The molecule has 1 atom stereocenters. The van der Waals surface area contributed by atoms with Gasteiger partial charge in [0.1, 0.15) is 12.4 Å². The van der Waals surface area contributed by atoms with Crippen LogP contribution in [0, 0.1) is 20.8 Å². The molecular formula is C20H21NO3. The lowest BCUT2D eigenvalue weighted by Gasteiger charge is -2.23. The van der Waals surface area contributed by atoms with Crippen LogP contribution in [0.1, 0.15) is 44.3 Å². The molecule has 0 N–H and O–H groups in total. The van der Waals surface area contributed by atoms with Crippen molar-refractivity contribution in [2.75, 3.05) is 6.61 Å². The zero-order valence-electron chi connectivity index (χ0n) is 14.4. The fraction of sp³-hybridized carbons (Fsp3) is 0.300. The van der Waals surface area contributed by atoms with Crippen LogP contribution in [0.25, 0.3) is 0 Å². The van der Waals surface area contributed by atoms with E-state index in [9.17, 15) is 9.59 Å². The Morgan fingerprint density at radius 1 is 0.958 bits per heavy atom. The van der Waals surface area contributed by atoms with E-state index in [0.29, 0.717) is 11.1 Å². The highest BCUT2D eigenvalue weighted by Gasteiger charge is 2.38. The third-order valence-electron chi connectivity index (χ3n) is 4.34. The van der Waals surface area contributed by atoms with Crippen LogP contribution < -0.4 is 4.74 Å². The van der Waals surface area contributed by atoms with Gasteiger partial charge in [-0.25, -0.2) is 0 Å². The summed E-state index contributed by atoms with van der Waals surface area (Å²) in [6.45, 7) is 8.16. The molecule has 4 heteroatoms. The zero-order valence-corrected chi connectivity index (χ0v) is 14.4. The van der Waals surface area contributed by atoms with Gasteiger partial charge in [0.15, 0.2) is 0 Å². The first-order valence-corrected chi connectivity index (χ1v) is 8.07. The Hall–Kier alpha value is -2.62. The smallest absolute Gasteiger partial charge is 0.261 e. The number of fused-ring (bicyclic) bond motifs is 1. The van der Waals surface area contributed by atoms with Gasteiger partial charge in [-0.05, 0) is 51.0 Å². The maximum Gasteiger partial charge on any atom is 0.261 e. The van der Waals surface area contributed by atoms with Gasteiger partial charge < -0.3 is 4.74 Å². The van der Waals surface area contributed by atoms with Crippen LogP contribution in [0.3, 0.4) is 0 Å². The number of ether oxygens (including phenoxy) is 1. The van der Waals surface area contributed by atoms with Gasteiger partial charge in [0.2, 0.25) is 0 Å². The molecule has 0 fully saturated rings. The Morgan fingerprint density at radius 3 is 1.96 bits per heavy atom. The van der Waals surface area contributed by atoms with Crippen LogP contribution in [-0.2, 0) is 0 Å². The molecule has 0 aromatic heterocycles. The van der Waals surface area contributed by atoms with Crippen LogP contribution in [-0.4, -0.2) is 29.4 Å². The molecular weight excluding hydrogens is 302 g/mol. The van der Waals surface area contributed by atoms with E-state index in [0.717, 1.165) is 16.9 Å². The molecule has 0 spiro atoms. The summed E-state index contributed by atoms with van der Waals surface area (Å²) in [4.78, 5) is 26.3. The van der Waals surface area contributed by atoms with Crippen molar-refractivity contribution in [3.8, 4) is 5.75 Å². The lowest BCUT2D eigenvalue weighted by Crippen LogP contribution is -2.41. The fourth-order valence-electron chi connectivity index (χ4n) is 3.28. The van der Waals surface area contributed by atoms with Gasteiger partial charge in [0.05, 0.1) is 17.2 Å². The van der Waals surface area contributed by atoms with Crippen molar-refractivity contribution in [3.05, 3.63) is 64.2 Å². The summed E-state index contributed by atoms with van der Waals surface area (Å²) in [6, 6.07) is 10.7. The van der Waals surface area contributed by atoms with Crippen molar-refractivity contribution in [1.29, 1.82) is 0 Å². The molecule has 4 nitrogen and oxygen atoms in total. The Kier molecular flexibility index (Phi) is 4.14. The van der Waals surface area contributed by atoms with Gasteiger partial charge in [-0.15, -0.1) is 0 Å². The Morgan fingerprint density at radius 2 is 1.46 bits per heavy atom. The molecule has 1 heterocycles. The average molecular weight is 323 g/mol. The van der Waals surface area contributed by atoms with Crippen molar-refractivity contribution in [2.24, 2.45) is 0 Å². The molecule has 0 unspecified atom stereocenters. The van der Waals surface area contributed by atoms with Crippen molar-refractivity contribution in [2.45, 2.75) is 33.7 Å². The highest BCUT2D eigenvalue weighted by Crippen LogP contribution is 2.27. The van der Waals surface area contributed by atoms with Crippen LogP contribution in [0.4, 0.5) is 0 Å². The van der Waals surface area contributed by atoms with Gasteiger partial charge in [0.25, 0.3) is 11.8 Å². The van der Waals surface area contributed by atoms with Crippen LogP contribution in [0.15, 0.2) is 36.4 Å². The molecule has 0 radical (unpaired) electrons. The number of carbonyl (C=O) groups excluding carboxylic acids is 2. The van der Waals surface area contributed by atoms with E-state index in [-0.39, 0.29) is 24.5 Å². The van der Waals surface area contributed by atoms with Crippen molar-refractivity contribution in [3.63, 3.8) is 0 Å². The van der Waals surface area contributed by atoms with Crippen molar-refractivity contribution in [1.82, 2.24) is 4.90 Å². The van der Waals surface area contributed by atoms with Crippen LogP contribution in [0.5, 0.6) is 5.75 Å². The van der Waals surface area contributed by atoms with Gasteiger partial charge in [-0.3, -0.25) is 14.5 Å². The SMILES string of the molecule is Cc1cc(C)c(OC[C@H](C)N2C(=O)c3ccccc3C2=O)c(C)c1. The summed E-state index contributed by atoms with van der Waals surface area (Å²) in [7, 11) is 0. The first kappa shape index (κ1) is 16.2. The number of imide groups is 1. The molecule has 0 saturated heterocycles. The normalized spacial score (nSPS) is 14.8. The van der Waals surface area contributed by atoms with E-state index >= 15 is 0 Å². The van der Waals surface area contributed by atoms with Crippen molar-refractivity contribution >= 4 is 11.8 Å². The minimum absolute atomic E-state index is 0.246. The molecule has 0 aliphatic carbocycles. The Balaban J connectivity index is 1.76. The maximum absolute atomic E-state index is 12.5. The van der Waals surface area contributed by atoms with Gasteiger partial charge in [-0.1, -0.05) is 29.8 Å². The summed E-state index contributed by atoms with van der Waals surface area (Å²) >= 11 is 0. The predicted octanol–water partition coefficient (Wildman–Crippen LogP) is 3.68. The number of nitrogens with zero attached hydrogens (tertiary/aromatic N) is 1. The molecule has 1 aliphatic rings.